The zero-order valence-corrected chi connectivity index (χ0v) is 21.0. The van der Waals surface area contributed by atoms with Crippen LogP contribution in [0.25, 0.3) is 0 Å². The molecule has 0 aromatic heterocycles. The minimum Gasteiger partial charge on any atom is -0.329 e. The molecule has 0 spiro atoms. The molecule has 188 valence electrons. The first-order chi connectivity index (χ1) is 18.6. The van der Waals surface area contributed by atoms with E-state index in [1.54, 1.807) is 24.3 Å². The summed E-state index contributed by atoms with van der Waals surface area (Å²) in [5.41, 5.74) is 5.32. The van der Waals surface area contributed by atoms with Crippen LogP contribution in [-0.4, -0.2) is 34.1 Å². The van der Waals surface area contributed by atoms with Crippen molar-refractivity contribution in [3.05, 3.63) is 143 Å². The minimum atomic E-state index is -0.411. The minimum absolute atomic E-state index is 0.171. The summed E-state index contributed by atoms with van der Waals surface area (Å²) in [6, 6.07) is 35.2. The zero-order valence-electron chi connectivity index (χ0n) is 21.0. The van der Waals surface area contributed by atoms with Crippen LogP contribution in [0.5, 0.6) is 0 Å². The second-order valence-electron chi connectivity index (χ2n) is 10.0. The molecule has 3 amide bonds. The van der Waals surface area contributed by atoms with Gasteiger partial charge in [-0.1, -0.05) is 97.1 Å². The van der Waals surface area contributed by atoms with Gasteiger partial charge in [-0.05, 0) is 53.1 Å². The van der Waals surface area contributed by atoms with E-state index in [0.29, 0.717) is 17.7 Å². The van der Waals surface area contributed by atoms with Gasteiger partial charge in [0.1, 0.15) is 6.54 Å². The molecule has 6 rings (SSSR count). The first-order valence-corrected chi connectivity index (χ1v) is 13.0. The smallest absolute Gasteiger partial charge is 0.262 e. The third-order valence-electron chi connectivity index (χ3n) is 7.67. The Bertz CT molecular complexity index is 1460. The molecule has 38 heavy (non-hydrogen) atoms. The molecule has 5 heteroatoms. The quantitative estimate of drug-likeness (QED) is 0.316. The topological polar surface area (TPSA) is 57.7 Å². The lowest BCUT2D eigenvalue weighted by Crippen LogP contribution is -2.45. The molecule has 1 aliphatic carbocycles. The van der Waals surface area contributed by atoms with Crippen molar-refractivity contribution in [1.82, 2.24) is 9.80 Å². The predicted molar refractivity (Wildman–Crippen MR) is 145 cm³/mol. The van der Waals surface area contributed by atoms with Crippen LogP contribution in [-0.2, 0) is 24.2 Å². The Morgan fingerprint density at radius 1 is 0.711 bits per heavy atom. The van der Waals surface area contributed by atoms with Crippen LogP contribution in [0.1, 0.15) is 49.0 Å². The molecule has 0 fully saturated rings. The van der Waals surface area contributed by atoms with Crippen molar-refractivity contribution in [2.75, 3.05) is 6.54 Å². The van der Waals surface area contributed by atoms with E-state index in [0.717, 1.165) is 28.9 Å². The summed E-state index contributed by atoms with van der Waals surface area (Å²) in [6.45, 7) is 0.114. The van der Waals surface area contributed by atoms with Gasteiger partial charge in [0, 0.05) is 6.54 Å². The average Bonchev–Trinajstić information content (AvgIpc) is 3.43. The Balaban J connectivity index is 1.36. The third kappa shape index (κ3) is 4.41. The summed E-state index contributed by atoms with van der Waals surface area (Å²) in [5, 5.41) is 0. The van der Waals surface area contributed by atoms with Crippen molar-refractivity contribution in [2.45, 2.75) is 25.4 Å². The van der Waals surface area contributed by atoms with Crippen LogP contribution in [0.2, 0.25) is 0 Å². The summed E-state index contributed by atoms with van der Waals surface area (Å²) in [5.74, 6) is -0.884. The summed E-state index contributed by atoms with van der Waals surface area (Å²) in [7, 11) is 0. The molecule has 5 nitrogen and oxygen atoms in total. The second kappa shape index (κ2) is 10.1. The number of nitrogens with zero attached hydrogens (tertiary/aromatic N) is 2. The molecule has 1 aliphatic heterocycles. The first kappa shape index (κ1) is 23.9. The molecule has 2 unspecified atom stereocenters. The molecule has 4 aromatic carbocycles. The predicted octanol–water partition coefficient (Wildman–Crippen LogP) is 5.47. The number of hydrogen-bond donors (Lipinski definition) is 0. The summed E-state index contributed by atoms with van der Waals surface area (Å²) < 4.78 is 0. The Hall–Kier alpha value is -4.51. The number of imide groups is 1. The summed E-state index contributed by atoms with van der Waals surface area (Å²) in [4.78, 5) is 43.3. The van der Waals surface area contributed by atoms with Crippen molar-refractivity contribution in [2.24, 2.45) is 5.92 Å². The van der Waals surface area contributed by atoms with Gasteiger partial charge in [0.05, 0.1) is 17.2 Å². The first-order valence-electron chi connectivity index (χ1n) is 13.0. The molecule has 2 aliphatic rings. The van der Waals surface area contributed by atoms with Crippen molar-refractivity contribution >= 4 is 17.7 Å². The fraction of sp³-hybridized carbons (Fsp3) is 0.182. The molecule has 1 heterocycles. The largest absolute Gasteiger partial charge is 0.329 e. The molecule has 4 aromatic rings. The van der Waals surface area contributed by atoms with Crippen molar-refractivity contribution in [3.63, 3.8) is 0 Å². The van der Waals surface area contributed by atoms with E-state index in [9.17, 15) is 14.4 Å². The number of hydrogen-bond acceptors (Lipinski definition) is 3. The Labute approximate surface area is 222 Å². The SMILES string of the molecule is O=C1c2ccccc2C(=O)N1CC(=O)N(Cc1ccccc1)C1c2ccccc2CC1Cc1ccccc1. The normalized spacial score (nSPS) is 17.8. The molecular formula is C33H28N2O3. The highest BCUT2D eigenvalue weighted by Crippen LogP contribution is 2.43. The van der Waals surface area contributed by atoms with Crippen LogP contribution >= 0.6 is 0 Å². The number of carbonyl (C=O) groups excluding carboxylic acids is 3. The average molecular weight is 501 g/mol. The van der Waals surface area contributed by atoms with Crippen LogP contribution in [0.15, 0.2) is 109 Å². The lowest BCUT2D eigenvalue weighted by atomic mass is 9.91. The number of rotatable bonds is 7. The maximum Gasteiger partial charge on any atom is 0.262 e. The van der Waals surface area contributed by atoms with E-state index in [2.05, 4.69) is 24.3 Å². The van der Waals surface area contributed by atoms with Crippen molar-refractivity contribution in [3.8, 4) is 0 Å². The molecular weight excluding hydrogens is 472 g/mol. The van der Waals surface area contributed by atoms with E-state index < -0.39 is 11.8 Å². The molecule has 0 N–H and O–H groups in total. The van der Waals surface area contributed by atoms with Gasteiger partial charge in [-0.3, -0.25) is 19.3 Å². The zero-order chi connectivity index (χ0) is 26.1. The van der Waals surface area contributed by atoms with E-state index >= 15 is 0 Å². The molecule has 0 saturated carbocycles. The second-order valence-corrected chi connectivity index (χ2v) is 10.0. The number of benzene rings is 4. The lowest BCUT2D eigenvalue weighted by Gasteiger charge is -2.35. The standard InChI is InChI=1S/C33H28N2O3/c36-30(22-35-32(37)28-17-9-10-18-29(28)33(35)38)34(21-24-13-5-2-6-14-24)31-26(19-23-11-3-1-4-12-23)20-25-15-7-8-16-27(25)31/h1-18,26,31H,19-22H2. The van der Waals surface area contributed by atoms with Gasteiger partial charge >= 0.3 is 0 Å². The van der Waals surface area contributed by atoms with Gasteiger partial charge in [0.2, 0.25) is 5.91 Å². The fourth-order valence-electron chi connectivity index (χ4n) is 5.91. The van der Waals surface area contributed by atoms with E-state index in [1.807, 2.05) is 65.6 Å². The highest BCUT2D eigenvalue weighted by Gasteiger charge is 2.41. The fourth-order valence-corrected chi connectivity index (χ4v) is 5.91. The number of fused-ring (bicyclic) bond motifs is 2. The Morgan fingerprint density at radius 2 is 1.26 bits per heavy atom. The highest BCUT2D eigenvalue weighted by molar-refractivity contribution is 6.22. The lowest BCUT2D eigenvalue weighted by molar-refractivity contribution is -0.135. The summed E-state index contributed by atoms with van der Waals surface area (Å²) in [6.07, 6.45) is 1.69. The van der Waals surface area contributed by atoms with Crippen LogP contribution < -0.4 is 0 Å². The van der Waals surface area contributed by atoms with Crippen molar-refractivity contribution in [1.29, 1.82) is 0 Å². The monoisotopic (exact) mass is 500 g/mol. The number of amides is 3. The van der Waals surface area contributed by atoms with Crippen LogP contribution in [0, 0.1) is 5.92 Å². The van der Waals surface area contributed by atoms with E-state index in [-0.39, 0.29) is 24.4 Å². The van der Waals surface area contributed by atoms with Crippen LogP contribution in [0.3, 0.4) is 0 Å². The molecule has 0 bridgehead atoms. The molecule has 2 atom stereocenters. The third-order valence-corrected chi connectivity index (χ3v) is 7.67. The Morgan fingerprint density at radius 3 is 1.92 bits per heavy atom. The van der Waals surface area contributed by atoms with E-state index in [4.69, 9.17) is 0 Å². The maximum atomic E-state index is 14.1. The van der Waals surface area contributed by atoms with Gasteiger partial charge in [-0.2, -0.15) is 0 Å². The highest BCUT2D eigenvalue weighted by atomic mass is 16.2. The Kier molecular flexibility index (Phi) is 6.34. The summed E-state index contributed by atoms with van der Waals surface area (Å²) >= 11 is 0. The van der Waals surface area contributed by atoms with Gasteiger partial charge in [0.15, 0.2) is 0 Å². The van der Waals surface area contributed by atoms with Crippen LogP contribution in [0.4, 0.5) is 0 Å². The molecule has 0 saturated heterocycles. The molecule has 0 radical (unpaired) electrons. The van der Waals surface area contributed by atoms with Gasteiger partial charge in [-0.25, -0.2) is 0 Å². The van der Waals surface area contributed by atoms with Gasteiger partial charge in [0.25, 0.3) is 11.8 Å². The van der Waals surface area contributed by atoms with Gasteiger partial charge < -0.3 is 4.90 Å². The number of carbonyl (C=O) groups is 3. The van der Waals surface area contributed by atoms with Crippen molar-refractivity contribution < 1.29 is 14.4 Å². The van der Waals surface area contributed by atoms with E-state index in [1.165, 1.54) is 11.1 Å². The maximum absolute atomic E-state index is 14.1. The van der Waals surface area contributed by atoms with Gasteiger partial charge in [-0.15, -0.1) is 0 Å².